The van der Waals surface area contributed by atoms with Crippen LogP contribution in [0.2, 0.25) is 0 Å². The maximum atomic E-state index is 14.6. The number of hydrogen-bond donors (Lipinski definition) is 3. The molecule has 280 valence electrons. The third-order valence-electron chi connectivity index (χ3n) is 12.8. The van der Waals surface area contributed by atoms with Gasteiger partial charge in [0.1, 0.15) is 17.1 Å². The Morgan fingerprint density at radius 1 is 0.958 bits per heavy atom. The molecule has 3 N–H and O–H groups in total. The van der Waals surface area contributed by atoms with E-state index in [4.69, 9.17) is 0 Å². The molecular formula is C43H79NO4. The van der Waals surface area contributed by atoms with Gasteiger partial charge < -0.3 is 10.2 Å². The number of unbranched alkanes of at least 4 members (excludes halogenated alkanes) is 1. The Kier molecular flexibility index (Phi) is 16.1. The average molecular weight is 674 g/mol. The fourth-order valence-electron chi connectivity index (χ4n) is 10.1. The largest absolute Gasteiger partial charge is 0.382 e. The lowest BCUT2D eigenvalue weighted by atomic mass is 9.68. The summed E-state index contributed by atoms with van der Waals surface area (Å²) in [5, 5.41) is 25.2. The molecule has 3 saturated carbocycles. The van der Waals surface area contributed by atoms with Gasteiger partial charge >= 0.3 is 0 Å². The van der Waals surface area contributed by atoms with Crippen molar-refractivity contribution >= 4 is 11.6 Å². The highest BCUT2D eigenvalue weighted by Crippen LogP contribution is 2.72. The maximum Gasteiger partial charge on any atom is 0.164 e. The third kappa shape index (κ3) is 11.5. The van der Waals surface area contributed by atoms with Crippen LogP contribution in [0, 0.1) is 52.3 Å². The Morgan fingerprint density at radius 2 is 1.60 bits per heavy atom. The lowest BCUT2D eigenvalue weighted by Gasteiger charge is -2.35. The van der Waals surface area contributed by atoms with Gasteiger partial charge in [-0.25, -0.2) is 0 Å². The van der Waals surface area contributed by atoms with E-state index in [2.05, 4.69) is 53.4 Å². The second kappa shape index (κ2) is 17.9. The average Bonchev–Trinajstić information content (AvgIpc) is 3.30. The number of Topliss-reactive ketones (excluding diaryl/α,β-unsaturated/α-hetero) is 2. The standard InChI is InChI=1S/C42H75NO4.CH4/c1-11-18-31(42(10,47)36(44)23-24-41(9,46)43-25-12-2)21-16-17-22-32-34(27-35-37(32)40(35,7)8)38(45)33(30-19-14-13-15-20-30)26-29(3)28-39(4,5)6;/h30-35,37,43,46-47H,3,11-28H2,1-2,4-10H3;1H4. The minimum atomic E-state index is -1.39. The zero-order chi connectivity index (χ0) is 35.2. The summed E-state index contributed by atoms with van der Waals surface area (Å²) >= 11 is 0. The van der Waals surface area contributed by atoms with Gasteiger partial charge in [0.25, 0.3) is 0 Å². The number of carbonyl (C=O) groups is 2. The normalized spacial score (nSPS) is 27.6. The van der Waals surface area contributed by atoms with E-state index in [-0.39, 0.29) is 42.8 Å². The SMILES string of the molecule is C.C=C(CC(C(=O)C1CC2C(C1CCCCC(CCC)C(C)(O)C(=O)CCC(C)(O)NCCC)C2(C)C)C1CCCCC1)CC(C)(C)C. The van der Waals surface area contributed by atoms with Gasteiger partial charge in [-0.2, -0.15) is 0 Å². The van der Waals surface area contributed by atoms with Crippen molar-refractivity contribution in [2.24, 2.45) is 52.3 Å². The molecule has 48 heavy (non-hydrogen) atoms. The van der Waals surface area contributed by atoms with Gasteiger partial charge in [-0.05, 0) is 125 Å². The van der Waals surface area contributed by atoms with Crippen molar-refractivity contribution in [1.82, 2.24) is 5.32 Å². The Bertz CT molecular complexity index is 1030. The molecule has 0 spiro atoms. The predicted molar refractivity (Wildman–Crippen MR) is 203 cm³/mol. The number of nitrogens with one attached hydrogen (secondary N) is 1. The molecule has 3 aliphatic rings. The molecule has 8 unspecified atom stereocenters. The van der Waals surface area contributed by atoms with Crippen LogP contribution in [-0.4, -0.2) is 39.7 Å². The van der Waals surface area contributed by atoms with Crippen LogP contribution in [0.3, 0.4) is 0 Å². The Labute approximate surface area is 297 Å². The van der Waals surface area contributed by atoms with E-state index in [0.717, 1.165) is 64.2 Å². The second-order valence-electron chi connectivity index (χ2n) is 18.6. The summed E-state index contributed by atoms with van der Waals surface area (Å²) in [6.45, 7) is 24.4. The van der Waals surface area contributed by atoms with Crippen molar-refractivity contribution < 1.29 is 19.8 Å². The van der Waals surface area contributed by atoms with E-state index in [1.54, 1.807) is 13.8 Å². The first kappa shape index (κ1) is 43.1. The molecule has 0 heterocycles. The smallest absolute Gasteiger partial charge is 0.164 e. The second-order valence-corrected chi connectivity index (χ2v) is 18.6. The molecule has 0 aromatic carbocycles. The quantitative estimate of drug-likeness (QED) is 0.0641. The van der Waals surface area contributed by atoms with E-state index >= 15 is 0 Å². The minimum absolute atomic E-state index is 0. The van der Waals surface area contributed by atoms with Crippen LogP contribution in [0.5, 0.6) is 0 Å². The molecule has 0 saturated heterocycles. The first-order valence-corrected chi connectivity index (χ1v) is 19.8. The molecule has 0 aliphatic heterocycles. The first-order chi connectivity index (χ1) is 21.9. The Hall–Kier alpha value is -1.04. The number of allylic oxidation sites excluding steroid dienone is 1. The maximum absolute atomic E-state index is 14.6. The predicted octanol–water partition coefficient (Wildman–Crippen LogP) is 10.5. The van der Waals surface area contributed by atoms with Gasteiger partial charge in [0, 0.05) is 18.3 Å². The topological polar surface area (TPSA) is 86.6 Å². The lowest BCUT2D eigenvalue weighted by Crippen LogP contribution is -2.46. The highest BCUT2D eigenvalue weighted by molar-refractivity contribution is 5.87. The zero-order valence-electron chi connectivity index (χ0n) is 32.2. The molecular weight excluding hydrogens is 594 g/mol. The summed E-state index contributed by atoms with van der Waals surface area (Å²) in [7, 11) is 0. The van der Waals surface area contributed by atoms with Gasteiger partial charge in [-0.1, -0.05) is 107 Å². The fourth-order valence-corrected chi connectivity index (χ4v) is 10.1. The molecule has 0 aromatic rings. The lowest BCUT2D eigenvalue weighted by molar-refractivity contribution is -0.143. The van der Waals surface area contributed by atoms with Crippen LogP contribution in [0.4, 0.5) is 0 Å². The molecule has 0 aromatic heterocycles. The molecule has 5 nitrogen and oxygen atoms in total. The summed E-state index contributed by atoms with van der Waals surface area (Å²) in [6.07, 6.45) is 16.1. The van der Waals surface area contributed by atoms with Crippen LogP contribution < -0.4 is 5.32 Å². The van der Waals surface area contributed by atoms with Crippen molar-refractivity contribution in [2.75, 3.05) is 6.54 Å². The summed E-state index contributed by atoms with van der Waals surface area (Å²) in [4.78, 5) is 27.9. The minimum Gasteiger partial charge on any atom is -0.382 e. The molecule has 5 heteroatoms. The summed E-state index contributed by atoms with van der Waals surface area (Å²) < 4.78 is 0. The van der Waals surface area contributed by atoms with E-state index in [9.17, 15) is 19.8 Å². The summed E-state index contributed by atoms with van der Waals surface area (Å²) in [5.74, 6) is 2.89. The number of rotatable bonds is 21. The van der Waals surface area contributed by atoms with E-state index in [0.29, 0.717) is 47.8 Å². The van der Waals surface area contributed by atoms with Crippen molar-refractivity contribution in [2.45, 2.75) is 190 Å². The zero-order valence-corrected chi connectivity index (χ0v) is 32.2. The van der Waals surface area contributed by atoms with E-state index in [1.807, 2.05) is 6.92 Å². The van der Waals surface area contributed by atoms with Gasteiger partial charge in [0.15, 0.2) is 5.78 Å². The summed E-state index contributed by atoms with van der Waals surface area (Å²) in [6, 6.07) is 0. The molecule has 0 bridgehead atoms. The molecule has 3 fully saturated rings. The van der Waals surface area contributed by atoms with Crippen molar-refractivity contribution in [3.8, 4) is 0 Å². The fraction of sp³-hybridized carbons (Fsp3) is 0.907. The number of ketones is 2. The van der Waals surface area contributed by atoms with Crippen molar-refractivity contribution in [3.05, 3.63) is 12.2 Å². The monoisotopic (exact) mass is 674 g/mol. The van der Waals surface area contributed by atoms with Gasteiger partial charge in [-0.3, -0.25) is 14.9 Å². The Balaban J connectivity index is 0.00000800. The van der Waals surface area contributed by atoms with Crippen LogP contribution >= 0.6 is 0 Å². The molecule has 0 amide bonds. The molecule has 3 aliphatic carbocycles. The van der Waals surface area contributed by atoms with Gasteiger partial charge in [0.2, 0.25) is 0 Å². The number of carbonyl (C=O) groups excluding carboxylic acids is 2. The van der Waals surface area contributed by atoms with Crippen LogP contribution in [0.15, 0.2) is 12.2 Å². The number of aliphatic hydroxyl groups is 2. The molecule has 8 atom stereocenters. The highest BCUT2D eigenvalue weighted by Gasteiger charge is 2.67. The van der Waals surface area contributed by atoms with Crippen LogP contribution in [-0.2, 0) is 9.59 Å². The number of fused-ring (bicyclic) bond motifs is 1. The third-order valence-corrected chi connectivity index (χ3v) is 12.8. The molecule has 3 rings (SSSR count). The van der Waals surface area contributed by atoms with Crippen LogP contribution in [0.25, 0.3) is 0 Å². The Morgan fingerprint density at radius 3 is 2.19 bits per heavy atom. The van der Waals surface area contributed by atoms with Crippen molar-refractivity contribution in [1.29, 1.82) is 0 Å². The first-order valence-electron chi connectivity index (χ1n) is 19.8. The summed E-state index contributed by atoms with van der Waals surface area (Å²) in [5.41, 5.74) is -0.720. The van der Waals surface area contributed by atoms with Gasteiger partial charge in [-0.15, -0.1) is 0 Å². The molecule has 0 radical (unpaired) electrons. The van der Waals surface area contributed by atoms with Crippen LogP contribution in [0.1, 0.15) is 179 Å². The van der Waals surface area contributed by atoms with E-state index in [1.165, 1.54) is 37.7 Å². The van der Waals surface area contributed by atoms with Gasteiger partial charge in [0.05, 0.1) is 0 Å². The highest BCUT2D eigenvalue weighted by atomic mass is 16.3. The van der Waals surface area contributed by atoms with Crippen molar-refractivity contribution in [3.63, 3.8) is 0 Å². The van der Waals surface area contributed by atoms with E-state index < -0.39 is 11.3 Å². The number of hydrogen-bond acceptors (Lipinski definition) is 5.